The molecule has 1 fully saturated rings. The van der Waals surface area contributed by atoms with E-state index in [-0.39, 0.29) is 5.78 Å². The molecule has 1 aromatic rings. The lowest BCUT2D eigenvalue weighted by Gasteiger charge is -2.23. The highest BCUT2D eigenvalue weighted by atomic mass is 32.1. The van der Waals surface area contributed by atoms with Crippen LogP contribution in [0.5, 0.6) is 0 Å². The smallest absolute Gasteiger partial charge is 0.164 e. The molecule has 0 unspecified atom stereocenters. The molecule has 0 spiro atoms. The summed E-state index contributed by atoms with van der Waals surface area (Å²) in [7, 11) is 0. The van der Waals surface area contributed by atoms with Crippen LogP contribution in [-0.2, 0) is 0 Å². The minimum Gasteiger partial charge on any atom is -0.372 e. The summed E-state index contributed by atoms with van der Waals surface area (Å²) >= 11 is 1.42. The fourth-order valence-electron chi connectivity index (χ4n) is 2.32. The van der Waals surface area contributed by atoms with Gasteiger partial charge in [-0.05, 0) is 38.2 Å². The molecule has 1 N–H and O–H groups in total. The van der Waals surface area contributed by atoms with E-state index < -0.39 is 0 Å². The number of carbonyl (C=O) groups excluding carboxylic acids is 1. The van der Waals surface area contributed by atoms with Gasteiger partial charge in [-0.1, -0.05) is 19.3 Å². The number of Topliss-reactive ketones (excluding diaryl/α,β-unsaturated/α-hetero) is 1. The van der Waals surface area contributed by atoms with Gasteiger partial charge in [0.25, 0.3) is 0 Å². The van der Waals surface area contributed by atoms with Gasteiger partial charge in [0, 0.05) is 6.04 Å². The highest BCUT2D eigenvalue weighted by molar-refractivity contribution is 7.10. The second kappa shape index (κ2) is 4.95. The summed E-state index contributed by atoms with van der Waals surface area (Å²) in [6, 6.07) is 0.534. The van der Waals surface area contributed by atoms with Gasteiger partial charge in [-0.3, -0.25) is 4.79 Å². The topological polar surface area (TPSA) is 42.0 Å². The minimum absolute atomic E-state index is 0.115. The molecule has 1 aromatic heterocycles. The minimum atomic E-state index is 0.115. The highest BCUT2D eigenvalue weighted by Gasteiger charge is 2.19. The Morgan fingerprint density at radius 1 is 1.38 bits per heavy atom. The molecule has 1 heterocycles. The van der Waals surface area contributed by atoms with Gasteiger partial charge >= 0.3 is 0 Å². The third kappa shape index (κ3) is 2.43. The molecule has 0 amide bonds. The Bertz CT molecular complexity index is 380. The van der Waals surface area contributed by atoms with Crippen molar-refractivity contribution in [1.82, 2.24) is 4.37 Å². The van der Waals surface area contributed by atoms with Gasteiger partial charge in [0.1, 0.15) is 5.00 Å². The second-order valence-electron chi connectivity index (χ2n) is 4.51. The van der Waals surface area contributed by atoms with E-state index >= 15 is 0 Å². The molecule has 0 atom stereocenters. The molecule has 0 saturated heterocycles. The molecule has 0 bridgehead atoms. The van der Waals surface area contributed by atoms with E-state index in [2.05, 4.69) is 9.69 Å². The third-order valence-electron chi connectivity index (χ3n) is 3.16. The van der Waals surface area contributed by atoms with Crippen LogP contribution in [0.3, 0.4) is 0 Å². The fraction of sp³-hybridized carbons (Fsp3) is 0.667. The number of aromatic nitrogens is 1. The van der Waals surface area contributed by atoms with Crippen molar-refractivity contribution in [3.05, 3.63) is 11.3 Å². The number of hydrogen-bond donors (Lipinski definition) is 1. The molecular weight excluding hydrogens is 220 g/mol. The average molecular weight is 238 g/mol. The number of rotatable bonds is 3. The molecule has 2 rings (SSSR count). The van der Waals surface area contributed by atoms with Crippen molar-refractivity contribution in [3.8, 4) is 0 Å². The van der Waals surface area contributed by atoms with E-state index in [9.17, 15) is 4.79 Å². The van der Waals surface area contributed by atoms with Gasteiger partial charge in [0.15, 0.2) is 5.78 Å². The molecule has 1 aliphatic rings. The summed E-state index contributed by atoms with van der Waals surface area (Å²) in [5.74, 6) is 0.115. The fourth-order valence-corrected chi connectivity index (χ4v) is 3.24. The number of nitrogens with one attached hydrogen (secondary N) is 1. The van der Waals surface area contributed by atoms with Crippen molar-refractivity contribution in [3.63, 3.8) is 0 Å². The summed E-state index contributed by atoms with van der Waals surface area (Å²) in [5, 5.41) is 4.46. The first-order valence-electron chi connectivity index (χ1n) is 5.92. The molecule has 16 heavy (non-hydrogen) atoms. The standard InChI is InChI=1S/C12H18N2OS/c1-8-11(9(2)15)12(16-14-8)13-10-6-4-3-5-7-10/h10,13H,3-7H2,1-2H3. The zero-order valence-corrected chi connectivity index (χ0v) is 10.7. The lowest BCUT2D eigenvalue weighted by atomic mass is 9.95. The molecule has 3 nitrogen and oxygen atoms in total. The Kier molecular flexibility index (Phi) is 3.59. The van der Waals surface area contributed by atoms with Gasteiger partial charge in [0.05, 0.1) is 11.3 Å². The third-order valence-corrected chi connectivity index (χ3v) is 4.02. The van der Waals surface area contributed by atoms with Crippen LogP contribution in [0.2, 0.25) is 0 Å². The number of ketones is 1. The maximum Gasteiger partial charge on any atom is 0.164 e. The van der Waals surface area contributed by atoms with Crippen LogP contribution in [-0.4, -0.2) is 16.2 Å². The monoisotopic (exact) mass is 238 g/mol. The Hall–Kier alpha value is -0.900. The van der Waals surface area contributed by atoms with Crippen molar-refractivity contribution >= 4 is 22.3 Å². The summed E-state index contributed by atoms with van der Waals surface area (Å²) in [5.41, 5.74) is 1.64. The van der Waals surface area contributed by atoms with E-state index in [1.807, 2.05) is 6.92 Å². The van der Waals surface area contributed by atoms with E-state index in [1.54, 1.807) is 6.92 Å². The summed E-state index contributed by atoms with van der Waals surface area (Å²) in [6.07, 6.45) is 6.37. The zero-order valence-electron chi connectivity index (χ0n) is 9.88. The van der Waals surface area contributed by atoms with Crippen LogP contribution in [0.4, 0.5) is 5.00 Å². The highest BCUT2D eigenvalue weighted by Crippen LogP contribution is 2.28. The van der Waals surface area contributed by atoms with Crippen molar-refractivity contribution in [1.29, 1.82) is 0 Å². The Balaban J connectivity index is 2.11. The van der Waals surface area contributed by atoms with Crippen LogP contribution in [0.1, 0.15) is 55.1 Å². The Labute approximate surface area is 100 Å². The van der Waals surface area contributed by atoms with Gasteiger partial charge in [-0.15, -0.1) is 0 Å². The number of anilines is 1. The normalized spacial score (nSPS) is 17.4. The molecule has 0 aliphatic heterocycles. The van der Waals surface area contributed by atoms with E-state index in [4.69, 9.17) is 0 Å². The first-order valence-corrected chi connectivity index (χ1v) is 6.69. The van der Waals surface area contributed by atoms with Crippen molar-refractivity contribution in [2.24, 2.45) is 0 Å². The Morgan fingerprint density at radius 2 is 2.06 bits per heavy atom. The molecular formula is C12H18N2OS. The zero-order chi connectivity index (χ0) is 11.5. The largest absolute Gasteiger partial charge is 0.372 e. The van der Waals surface area contributed by atoms with Crippen LogP contribution in [0, 0.1) is 6.92 Å². The molecule has 0 aromatic carbocycles. The summed E-state index contributed by atoms with van der Waals surface area (Å²) < 4.78 is 4.26. The van der Waals surface area contributed by atoms with Gasteiger partial charge < -0.3 is 5.32 Å². The SMILES string of the molecule is CC(=O)c1c(C)nsc1NC1CCCCC1. The molecule has 88 valence electrons. The first-order chi connectivity index (χ1) is 7.68. The predicted molar refractivity (Wildman–Crippen MR) is 67.4 cm³/mol. The lowest BCUT2D eigenvalue weighted by Crippen LogP contribution is -2.22. The van der Waals surface area contributed by atoms with E-state index in [1.165, 1.54) is 43.6 Å². The molecule has 4 heteroatoms. The summed E-state index contributed by atoms with van der Waals surface area (Å²) in [4.78, 5) is 11.5. The van der Waals surface area contributed by atoms with Crippen molar-refractivity contribution < 1.29 is 4.79 Å². The van der Waals surface area contributed by atoms with Crippen LogP contribution < -0.4 is 5.32 Å². The maximum absolute atomic E-state index is 11.5. The van der Waals surface area contributed by atoms with E-state index in [0.717, 1.165) is 16.3 Å². The molecule has 1 saturated carbocycles. The van der Waals surface area contributed by atoms with Crippen LogP contribution in [0.15, 0.2) is 0 Å². The molecule has 1 aliphatic carbocycles. The van der Waals surface area contributed by atoms with Gasteiger partial charge in [-0.2, -0.15) is 4.37 Å². The second-order valence-corrected chi connectivity index (χ2v) is 5.28. The maximum atomic E-state index is 11.5. The van der Waals surface area contributed by atoms with Crippen LogP contribution >= 0.6 is 11.5 Å². The summed E-state index contributed by atoms with van der Waals surface area (Å²) in [6.45, 7) is 3.52. The average Bonchev–Trinajstić information content (AvgIpc) is 2.61. The van der Waals surface area contributed by atoms with Crippen LogP contribution in [0.25, 0.3) is 0 Å². The van der Waals surface area contributed by atoms with Gasteiger partial charge in [-0.25, -0.2) is 0 Å². The predicted octanol–water partition coefficient (Wildman–Crippen LogP) is 3.40. The number of nitrogens with zero attached hydrogens (tertiary/aromatic N) is 1. The number of aryl methyl sites for hydroxylation is 1. The van der Waals surface area contributed by atoms with Crippen molar-refractivity contribution in [2.75, 3.05) is 5.32 Å². The lowest BCUT2D eigenvalue weighted by molar-refractivity contribution is 0.101. The first kappa shape index (κ1) is 11.6. The van der Waals surface area contributed by atoms with E-state index in [0.29, 0.717) is 6.04 Å². The number of hydrogen-bond acceptors (Lipinski definition) is 4. The number of carbonyl (C=O) groups is 1. The van der Waals surface area contributed by atoms with Crippen molar-refractivity contribution in [2.45, 2.75) is 52.0 Å². The van der Waals surface area contributed by atoms with Gasteiger partial charge in [0.2, 0.25) is 0 Å². The quantitative estimate of drug-likeness (QED) is 0.821. The molecule has 0 radical (unpaired) electrons. The Morgan fingerprint density at radius 3 is 2.69 bits per heavy atom.